The Labute approximate surface area is 160 Å². The number of anilines is 1. The molecule has 0 atom stereocenters. The molecule has 3 aromatic rings. The Kier molecular flexibility index (Phi) is 4.85. The van der Waals surface area contributed by atoms with E-state index in [-0.39, 0.29) is 18.0 Å². The first-order valence-electron chi connectivity index (χ1n) is 8.93. The molecule has 1 fully saturated rings. The maximum absolute atomic E-state index is 12.7. The number of hydrogen-bond acceptors (Lipinski definition) is 7. The zero-order chi connectivity index (χ0) is 18.8. The molecule has 4 heterocycles. The van der Waals surface area contributed by atoms with Crippen molar-refractivity contribution in [2.45, 2.75) is 19.9 Å². The number of rotatable bonds is 4. The van der Waals surface area contributed by atoms with Gasteiger partial charge in [-0.1, -0.05) is 6.92 Å². The molecule has 1 amide bonds. The molecule has 0 spiro atoms. The minimum Gasteiger partial charge on any atom is -0.338 e. The zero-order valence-corrected chi connectivity index (χ0v) is 15.9. The minimum atomic E-state index is -0.152. The molecular weight excluding hydrogens is 364 g/mol. The van der Waals surface area contributed by atoms with Crippen molar-refractivity contribution in [3.05, 3.63) is 46.1 Å². The molecule has 0 bridgehead atoms. The maximum Gasteiger partial charge on any atom is 0.262 e. The molecule has 27 heavy (non-hydrogen) atoms. The molecule has 0 saturated carbocycles. The molecule has 0 aromatic carbocycles. The van der Waals surface area contributed by atoms with Crippen LogP contribution in [0.2, 0.25) is 0 Å². The van der Waals surface area contributed by atoms with Crippen LogP contribution >= 0.6 is 11.3 Å². The maximum atomic E-state index is 12.7. The molecule has 1 saturated heterocycles. The van der Waals surface area contributed by atoms with Gasteiger partial charge in [-0.15, -0.1) is 11.3 Å². The van der Waals surface area contributed by atoms with E-state index in [1.54, 1.807) is 23.4 Å². The van der Waals surface area contributed by atoms with Gasteiger partial charge in [0.05, 0.1) is 11.7 Å². The first kappa shape index (κ1) is 17.6. The Balaban J connectivity index is 1.43. The van der Waals surface area contributed by atoms with E-state index in [0.29, 0.717) is 37.5 Å². The number of aromatic nitrogens is 4. The van der Waals surface area contributed by atoms with Gasteiger partial charge in [0.2, 0.25) is 11.9 Å². The molecule has 3 aromatic heterocycles. The molecular formula is C18H20N6O2S. The summed E-state index contributed by atoms with van der Waals surface area (Å²) in [6, 6.07) is 3.66. The zero-order valence-electron chi connectivity index (χ0n) is 15.0. The van der Waals surface area contributed by atoms with Crippen LogP contribution in [0.15, 0.2) is 35.6 Å². The minimum absolute atomic E-state index is 0.0148. The number of hydrogen-bond donors (Lipinski definition) is 0. The molecule has 0 aliphatic carbocycles. The van der Waals surface area contributed by atoms with E-state index in [1.807, 2.05) is 13.0 Å². The number of piperazine rings is 1. The Morgan fingerprint density at radius 2 is 1.89 bits per heavy atom. The number of thiophene rings is 1. The van der Waals surface area contributed by atoms with E-state index in [9.17, 15) is 9.59 Å². The van der Waals surface area contributed by atoms with Crippen molar-refractivity contribution in [3.8, 4) is 0 Å². The predicted octanol–water partition coefficient (Wildman–Crippen LogP) is 1.16. The monoisotopic (exact) mass is 384 g/mol. The highest BCUT2D eigenvalue weighted by atomic mass is 32.1. The fraction of sp³-hybridized carbons (Fsp3) is 0.389. The number of fused-ring (bicyclic) bond motifs is 1. The summed E-state index contributed by atoms with van der Waals surface area (Å²) in [5, 5.41) is 0.596. The van der Waals surface area contributed by atoms with Crippen LogP contribution in [0.25, 0.3) is 10.2 Å². The summed E-state index contributed by atoms with van der Waals surface area (Å²) >= 11 is 1.53. The number of aryl methyl sites for hydroxylation is 1. The van der Waals surface area contributed by atoms with Gasteiger partial charge in [-0.2, -0.15) is 0 Å². The van der Waals surface area contributed by atoms with Crippen molar-refractivity contribution in [2.75, 3.05) is 31.1 Å². The van der Waals surface area contributed by atoms with Gasteiger partial charge in [-0.3, -0.25) is 14.2 Å². The number of nitrogens with zero attached hydrogens (tertiary/aromatic N) is 6. The molecule has 8 nitrogen and oxygen atoms in total. The van der Waals surface area contributed by atoms with Gasteiger partial charge in [0.1, 0.15) is 11.4 Å². The Morgan fingerprint density at radius 3 is 2.59 bits per heavy atom. The van der Waals surface area contributed by atoms with Crippen LogP contribution in [-0.2, 0) is 17.8 Å². The number of carbonyl (C=O) groups excluding carboxylic acids is 1. The van der Waals surface area contributed by atoms with Gasteiger partial charge >= 0.3 is 0 Å². The summed E-state index contributed by atoms with van der Waals surface area (Å²) < 4.78 is 1.41. The quantitative estimate of drug-likeness (QED) is 0.671. The Bertz CT molecular complexity index is 1010. The third kappa shape index (κ3) is 3.55. The van der Waals surface area contributed by atoms with Gasteiger partial charge in [-0.25, -0.2) is 15.0 Å². The van der Waals surface area contributed by atoms with Crippen LogP contribution in [0.5, 0.6) is 0 Å². The van der Waals surface area contributed by atoms with E-state index in [1.165, 1.54) is 22.2 Å². The van der Waals surface area contributed by atoms with Crippen molar-refractivity contribution >= 4 is 33.4 Å². The first-order chi connectivity index (χ1) is 13.2. The van der Waals surface area contributed by atoms with E-state index in [0.717, 1.165) is 16.1 Å². The van der Waals surface area contributed by atoms with Crippen LogP contribution in [-0.4, -0.2) is 56.5 Å². The lowest BCUT2D eigenvalue weighted by Gasteiger charge is -2.34. The molecule has 1 aliphatic heterocycles. The molecule has 1 aliphatic rings. The first-order valence-corrected chi connectivity index (χ1v) is 9.75. The van der Waals surface area contributed by atoms with Crippen LogP contribution in [0.3, 0.4) is 0 Å². The SMILES string of the molecule is CCc1cc2c(=O)n(CC(=O)N3CCN(c4ncccn4)CC3)cnc2s1. The molecule has 0 radical (unpaired) electrons. The highest BCUT2D eigenvalue weighted by Gasteiger charge is 2.23. The third-order valence-corrected chi connectivity index (χ3v) is 5.88. The van der Waals surface area contributed by atoms with Crippen molar-refractivity contribution in [3.63, 3.8) is 0 Å². The summed E-state index contributed by atoms with van der Waals surface area (Å²) in [5.41, 5.74) is -0.152. The van der Waals surface area contributed by atoms with Crippen LogP contribution in [0, 0.1) is 0 Å². The normalized spacial score (nSPS) is 14.7. The summed E-state index contributed by atoms with van der Waals surface area (Å²) in [4.78, 5) is 43.8. The highest BCUT2D eigenvalue weighted by molar-refractivity contribution is 7.18. The van der Waals surface area contributed by atoms with Gasteiger partial charge in [0.15, 0.2) is 0 Å². The summed E-state index contributed by atoms with van der Waals surface area (Å²) in [6.07, 6.45) is 5.77. The summed E-state index contributed by atoms with van der Waals surface area (Å²) in [7, 11) is 0. The molecule has 0 N–H and O–H groups in total. The average Bonchev–Trinajstić information content (AvgIpc) is 3.15. The van der Waals surface area contributed by atoms with Gasteiger partial charge in [0, 0.05) is 43.4 Å². The largest absolute Gasteiger partial charge is 0.338 e. The van der Waals surface area contributed by atoms with Crippen molar-refractivity contribution < 1.29 is 4.79 Å². The topological polar surface area (TPSA) is 84.2 Å². The average molecular weight is 384 g/mol. The molecule has 9 heteroatoms. The lowest BCUT2D eigenvalue weighted by atomic mass is 10.3. The third-order valence-electron chi connectivity index (χ3n) is 4.69. The fourth-order valence-corrected chi connectivity index (χ4v) is 4.08. The number of carbonyl (C=O) groups is 1. The van der Waals surface area contributed by atoms with E-state index in [4.69, 9.17) is 0 Å². The molecule has 4 rings (SSSR count). The van der Waals surface area contributed by atoms with E-state index < -0.39 is 0 Å². The van der Waals surface area contributed by atoms with Crippen molar-refractivity contribution in [2.24, 2.45) is 0 Å². The lowest BCUT2D eigenvalue weighted by Crippen LogP contribution is -2.50. The second-order valence-electron chi connectivity index (χ2n) is 6.38. The highest BCUT2D eigenvalue weighted by Crippen LogP contribution is 2.21. The Morgan fingerprint density at radius 1 is 1.15 bits per heavy atom. The summed E-state index contributed by atoms with van der Waals surface area (Å²) in [5.74, 6) is 0.609. The van der Waals surface area contributed by atoms with Crippen molar-refractivity contribution in [1.82, 2.24) is 24.4 Å². The summed E-state index contributed by atoms with van der Waals surface area (Å²) in [6.45, 7) is 4.58. The lowest BCUT2D eigenvalue weighted by molar-refractivity contribution is -0.132. The molecule has 0 unspecified atom stereocenters. The van der Waals surface area contributed by atoms with Crippen molar-refractivity contribution in [1.29, 1.82) is 0 Å². The number of amides is 1. The second kappa shape index (κ2) is 7.43. The van der Waals surface area contributed by atoms with Crippen LogP contribution in [0.4, 0.5) is 5.95 Å². The smallest absolute Gasteiger partial charge is 0.262 e. The van der Waals surface area contributed by atoms with Gasteiger partial charge in [-0.05, 0) is 18.6 Å². The fourth-order valence-electron chi connectivity index (χ4n) is 3.15. The predicted molar refractivity (Wildman–Crippen MR) is 104 cm³/mol. The second-order valence-corrected chi connectivity index (χ2v) is 7.49. The van der Waals surface area contributed by atoms with E-state index >= 15 is 0 Å². The van der Waals surface area contributed by atoms with Crippen LogP contribution in [0.1, 0.15) is 11.8 Å². The van der Waals surface area contributed by atoms with Crippen LogP contribution < -0.4 is 10.5 Å². The van der Waals surface area contributed by atoms with E-state index in [2.05, 4.69) is 19.9 Å². The van der Waals surface area contributed by atoms with Gasteiger partial charge < -0.3 is 9.80 Å². The molecule has 140 valence electrons. The Hall–Kier alpha value is -2.81. The standard InChI is InChI=1S/C18H20N6O2S/c1-2-13-10-14-16(27-13)21-12-24(17(14)26)11-15(25)22-6-8-23(9-7-22)18-19-4-3-5-20-18/h3-5,10,12H,2,6-9,11H2,1H3. The van der Waals surface area contributed by atoms with Gasteiger partial charge in [0.25, 0.3) is 5.56 Å².